The number of ether oxygens (including phenoxy) is 1. The quantitative estimate of drug-likeness (QED) is 0.709. The third-order valence-corrected chi connectivity index (χ3v) is 5.87. The summed E-state index contributed by atoms with van der Waals surface area (Å²) < 4.78 is 20.1. The van der Waals surface area contributed by atoms with Crippen molar-refractivity contribution in [1.29, 1.82) is 0 Å². The van der Waals surface area contributed by atoms with Gasteiger partial charge in [0, 0.05) is 24.5 Å². The van der Waals surface area contributed by atoms with Gasteiger partial charge in [0.25, 0.3) is 0 Å². The molecule has 5 nitrogen and oxygen atoms in total. The Balaban J connectivity index is 2.01. The van der Waals surface area contributed by atoms with Gasteiger partial charge < -0.3 is 15.0 Å². The van der Waals surface area contributed by atoms with Gasteiger partial charge in [-0.25, -0.2) is 9.78 Å². The highest BCUT2D eigenvalue weighted by Crippen LogP contribution is 2.37. The van der Waals surface area contributed by atoms with Crippen molar-refractivity contribution < 1.29 is 13.9 Å². The second-order valence-corrected chi connectivity index (χ2v) is 8.90. The van der Waals surface area contributed by atoms with Crippen LogP contribution in [0.3, 0.4) is 0 Å². The maximum Gasteiger partial charge on any atom is 0.407 e. The average molecular weight is 430 g/mol. The molecular weight excluding hydrogens is 401 g/mol. The van der Waals surface area contributed by atoms with Crippen LogP contribution in [-0.4, -0.2) is 42.5 Å². The number of anilines is 1. The molecule has 1 atom stereocenters. The van der Waals surface area contributed by atoms with Crippen LogP contribution in [0.5, 0.6) is 0 Å². The van der Waals surface area contributed by atoms with Gasteiger partial charge >= 0.3 is 6.09 Å². The number of pyridine rings is 1. The molecule has 2 rings (SSSR count). The zero-order chi connectivity index (χ0) is 19.5. The number of amides is 1. The highest BCUT2D eigenvalue weighted by Gasteiger charge is 2.41. The number of piperidine rings is 1. The van der Waals surface area contributed by atoms with E-state index in [1.807, 2.05) is 40.8 Å². The molecule has 1 unspecified atom stereocenters. The fraction of sp³-hybridized carbons (Fsp3) is 0.684. The standard InChI is InChI=1S/C19H29BrFN3O2/c1-13-10-15(11-22-16(13)20)24-8-6-19(12-21,7-9-24)14(2)23-17(25)26-18(3,4)5/h10-11,14H,6-9,12H2,1-5H3,(H,23,25). The molecule has 0 aromatic carbocycles. The SMILES string of the molecule is Cc1cc(N2CCC(CF)(C(C)NC(=O)OC(C)(C)C)CC2)cnc1Br. The molecule has 0 radical (unpaired) electrons. The van der Waals surface area contributed by atoms with Gasteiger partial charge in [-0.05, 0) is 75.0 Å². The maximum atomic E-state index is 14.0. The Labute approximate surface area is 163 Å². The number of halogens is 2. The van der Waals surface area contributed by atoms with E-state index in [-0.39, 0.29) is 6.04 Å². The zero-order valence-corrected chi connectivity index (χ0v) is 17.8. The van der Waals surface area contributed by atoms with E-state index in [9.17, 15) is 9.18 Å². The Morgan fingerprint density at radius 2 is 2.08 bits per heavy atom. The number of nitrogens with zero attached hydrogens (tertiary/aromatic N) is 2. The first-order valence-corrected chi connectivity index (χ1v) is 9.78. The number of alkyl carbamates (subject to hydrolysis) is 1. The van der Waals surface area contributed by atoms with Crippen LogP contribution in [-0.2, 0) is 4.74 Å². The number of carbonyl (C=O) groups is 1. The van der Waals surface area contributed by atoms with Crippen LogP contribution in [0.2, 0.25) is 0 Å². The molecule has 0 spiro atoms. The fourth-order valence-electron chi connectivity index (χ4n) is 3.25. The Morgan fingerprint density at radius 3 is 2.58 bits per heavy atom. The number of aryl methyl sites for hydroxylation is 1. The Hall–Kier alpha value is -1.37. The lowest BCUT2D eigenvalue weighted by molar-refractivity contribution is 0.0393. The first-order valence-electron chi connectivity index (χ1n) is 8.99. The minimum Gasteiger partial charge on any atom is -0.444 e. The van der Waals surface area contributed by atoms with Gasteiger partial charge in [-0.15, -0.1) is 0 Å². The highest BCUT2D eigenvalue weighted by molar-refractivity contribution is 9.10. The number of hydrogen-bond donors (Lipinski definition) is 1. The summed E-state index contributed by atoms with van der Waals surface area (Å²) in [4.78, 5) is 18.6. The smallest absolute Gasteiger partial charge is 0.407 e. The summed E-state index contributed by atoms with van der Waals surface area (Å²) in [6.07, 6.45) is 2.67. The van der Waals surface area contributed by atoms with E-state index in [1.165, 1.54) is 0 Å². The predicted molar refractivity (Wildman–Crippen MR) is 105 cm³/mol. The van der Waals surface area contributed by atoms with Crippen molar-refractivity contribution in [2.75, 3.05) is 24.7 Å². The summed E-state index contributed by atoms with van der Waals surface area (Å²) in [5, 5.41) is 2.83. The molecule has 1 fully saturated rings. The van der Waals surface area contributed by atoms with Crippen molar-refractivity contribution >= 4 is 27.7 Å². The molecule has 0 aliphatic carbocycles. The second-order valence-electron chi connectivity index (χ2n) is 8.15. The van der Waals surface area contributed by atoms with Crippen LogP contribution in [0.4, 0.5) is 14.9 Å². The van der Waals surface area contributed by atoms with Crippen LogP contribution < -0.4 is 10.2 Å². The third kappa shape index (κ3) is 5.09. The van der Waals surface area contributed by atoms with E-state index < -0.39 is 23.8 Å². The first kappa shape index (κ1) is 20.9. The number of carbonyl (C=O) groups excluding carboxylic acids is 1. The van der Waals surface area contributed by atoms with Gasteiger partial charge in [0.2, 0.25) is 0 Å². The summed E-state index contributed by atoms with van der Waals surface area (Å²) in [5.41, 5.74) is 0.990. The van der Waals surface area contributed by atoms with E-state index in [0.29, 0.717) is 12.8 Å². The van der Waals surface area contributed by atoms with Gasteiger partial charge in [0.15, 0.2) is 0 Å². The van der Waals surface area contributed by atoms with Crippen molar-refractivity contribution in [3.63, 3.8) is 0 Å². The van der Waals surface area contributed by atoms with Crippen LogP contribution in [0, 0.1) is 12.3 Å². The normalized spacial score (nSPS) is 18.3. The molecule has 1 N–H and O–H groups in total. The van der Waals surface area contributed by atoms with E-state index in [4.69, 9.17) is 4.74 Å². The molecular formula is C19H29BrFN3O2. The molecule has 7 heteroatoms. The van der Waals surface area contributed by atoms with Crippen molar-refractivity contribution in [3.05, 3.63) is 22.4 Å². The molecule has 0 bridgehead atoms. The van der Waals surface area contributed by atoms with Gasteiger partial charge in [-0.1, -0.05) is 0 Å². The molecule has 1 aromatic rings. The van der Waals surface area contributed by atoms with Gasteiger partial charge in [-0.2, -0.15) is 0 Å². The predicted octanol–water partition coefficient (Wildman–Crippen LogP) is 4.62. The molecule has 26 heavy (non-hydrogen) atoms. The van der Waals surface area contributed by atoms with Crippen molar-refractivity contribution in [3.8, 4) is 0 Å². The molecule has 1 aliphatic rings. The van der Waals surface area contributed by atoms with Gasteiger partial charge in [-0.3, -0.25) is 4.39 Å². The third-order valence-electron chi connectivity index (χ3n) is 5.04. The number of alkyl halides is 1. The van der Waals surface area contributed by atoms with E-state index >= 15 is 0 Å². The average Bonchev–Trinajstić information content (AvgIpc) is 2.55. The van der Waals surface area contributed by atoms with Gasteiger partial charge in [0.05, 0.1) is 18.6 Å². The lowest BCUT2D eigenvalue weighted by Gasteiger charge is -2.44. The summed E-state index contributed by atoms with van der Waals surface area (Å²) >= 11 is 3.41. The van der Waals surface area contributed by atoms with E-state index in [0.717, 1.165) is 28.9 Å². The highest BCUT2D eigenvalue weighted by atomic mass is 79.9. The van der Waals surface area contributed by atoms with E-state index in [2.05, 4.69) is 37.2 Å². The summed E-state index contributed by atoms with van der Waals surface area (Å²) in [6, 6.07) is 1.79. The van der Waals surface area contributed by atoms with E-state index in [1.54, 1.807) is 0 Å². The molecule has 146 valence electrons. The number of rotatable bonds is 4. The minimum atomic E-state index is -0.567. The summed E-state index contributed by atoms with van der Waals surface area (Å²) in [5.74, 6) is 0. The van der Waals surface area contributed by atoms with Crippen LogP contribution in [0.1, 0.15) is 46.1 Å². The second kappa shape index (κ2) is 8.11. The minimum absolute atomic E-state index is 0.297. The molecule has 0 saturated carbocycles. The molecule has 1 saturated heterocycles. The monoisotopic (exact) mass is 429 g/mol. The molecule has 1 amide bonds. The van der Waals surface area contributed by atoms with Crippen LogP contribution in [0.25, 0.3) is 0 Å². The maximum absolute atomic E-state index is 14.0. The topological polar surface area (TPSA) is 54.5 Å². The Bertz CT molecular complexity index is 640. The number of aromatic nitrogens is 1. The van der Waals surface area contributed by atoms with Crippen LogP contribution in [0.15, 0.2) is 16.9 Å². The Kier molecular flexibility index (Phi) is 6.53. The Morgan fingerprint density at radius 1 is 1.46 bits per heavy atom. The number of hydrogen-bond acceptors (Lipinski definition) is 4. The zero-order valence-electron chi connectivity index (χ0n) is 16.2. The lowest BCUT2D eigenvalue weighted by Crippen LogP contribution is -2.53. The lowest BCUT2D eigenvalue weighted by atomic mass is 9.74. The first-order chi connectivity index (χ1) is 12.1. The largest absolute Gasteiger partial charge is 0.444 e. The summed E-state index contributed by atoms with van der Waals surface area (Å²) in [6.45, 7) is 10.3. The van der Waals surface area contributed by atoms with Crippen molar-refractivity contribution in [1.82, 2.24) is 10.3 Å². The van der Waals surface area contributed by atoms with Crippen molar-refractivity contribution in [2.45, 2.75) is 59.1 Å². The molecule has 2 heterocycles. The molecule has 1 aromatic heterocycles. The van der Waals surface area contributed by atoms with Gasteiger partial charge in [0.1, 0.15) is 10.2 Å². The summed E-state index contributed by atoms with van der Waals surface area (Å²) in [7, 11) is 0. The fourth-order valence-corrected chi connectivity index (χ4v) is 3.46. The van der Waals surface area contributed by atoms with Crippen molar-refractivity contribution in [2.24, 2.45) is 5.41 Å². The van der Waals surface area contributed by atoms with Crippen LogP contribution >= 0.6 is 15.9 Å². The molecule has 1 aliphatic heterocycles. The number of nitrogens with one attached hydrogen (secondary N) is 1.